The van der Waals surface area contributed by atoms with E-state index in [0.29, 0.717) is 24.6 Å². The molecule has 7 heteroatoms. The second-order valence-electron chi connectivity index (χ2n) is 6.25. The van der Waals surface area contributed by atoms with Gasteiger partial charge < -0.3 is 10.6 Å². The molecular formula is C19H29F2IN4. The molecule has 0 saturated carbocycles. The normalized spacial score (nSPS) is 16.0. The molecule has 0 aromatic heterocycles. The van der Waals surface area contributed by atoms with Gasteiger partial charge in [-0.05, 0) is 37.8 Å². The van der Waals surface area contributed by atoms with Gasteiger partial charge in [-0.25, -0.2) is 8.78 Å². The number of likely N-dealkylation sites (tertiary alicyclic amines) is 1. The molecule has 1 saturated heterocycles. The first kappa shape index (κ1) is 22.8. The average Bonchev–Trinajstić information content (AvgIpc) is 2.59. The standard InChI is InChI=1S/C19H28F2N4.HI/c1-3-11-25-12-8-17(9-13-25)24-19(22-4-2)23-10-7-15-5-6-16(20)14-18(15)21;/h3,5-6,14,17H,1,4,7-13H2,2H3,(H2,22,23,24);1H. The highest BCUT2D eigenvalue weighted by Gasteiger charge is 2.19. The minimum atomic E-state index is -0.553. The van der Waals surface area contributed by atoms with Crippen LogP contribution in [-0.4, -0.2) is 49.6 Å². The van der Waals surface area contributed by atoms with Crippen molar-refractivity contribution in [2.24, 2.45) is 4.99 Å². The van der Waals surface area contributed by atoms with Crippen LogP contribution in [-0.2, 0) is 6.42 Å². The lowest BCUT2D eigenvalue weighted by molar-refractivity contribution is 0.225. The average molecular weight is 478 g/mol. The number of benzene rings is 1. The summed E-state index contributed by atoms with van der Waals surface area (Å²) in [7, 11) is 0. The summed E-state index contributed by atoms with van der Waals surface area (Å²) in [5, 5.41) is 6.69. The second-order valence-corrected chi connectivity index (χ2v) is 6.25. The Morgan fingerprint density at radius 1 is 1.35 bits per heavy atom. The number of piperidine rings is 1. The van der Waals surface area contributed by atoms with Crippen molar-refractivity contribution in [3.05, 3.63) is 48.1 Å². The van der Waals surface area contributed by atoms with E-state index in [-0.39, 0.29) is 24.0 Å². The van der Waals surface area contributed by atoms with E-state index in [2.05, 4.69) is 27.1 Å². The Morgan fingerprint density at radius 3 is 2.69 bits per heavy atom. The highest BCUT2D eigenvalue weighted by molar-refractivity contribution is 14.0. The highest BCUT2D eigenvalue weighted by atomic mass is 127. The molecular weight excluding hydrogens is 449 g/mol. The van der Waals surface area contributed by atoms with E-state index in [1.807, 2.05) is 13.0 Å². The van der Waals surface area contributed by atoms with E-state index in [9.17, 15) is 8.78 Å². The summed E-state index contributed by atoms with van der Waals surface area (Å²) in [5.74, 6) is -0.308. The first-order valence-corrected chi connectivity index (χ1v) is 8.94. The van der Waals surface area contributed by atoms with E-state index in [1.165, 1.54) is 12.1 Å². The minimum Gasteiger partial charge on any atom is -0.357 e. The lowest BCUT2D eigenvalue weighted by Gasteiger charge is -2.32. The van der Waals surface area contributed by atoms with Crippen molar-refractivity contribution < 1.29 is 8.78 Å². The SMILES string of the molecule is C=CCN1CCC(NC(=NCCc2ccc(F)cc2F)NCC)CC1.I. The molecule has 0 unspecified atom stereocenters. The lowest BCUT2D eigenvalue weighted by Crippen LogP contribution is -2.48. The highest BCUT2D eigenvalue weighted by Crippen LogP contribution is 2.11. The number of rotatable bonds is 7. The summed E-state index contributed by atoms with van der Waals surface area (Å²) in [4.78, 5) is 6.91. The van der Waals surface area contributed by atoms with Crippen LogP contribution in [0, 0.1) is 11.6 Å². The zero-order valence-electron chi connectivity index (χ0n) is 15.3. The first-order valence-electron chi connectivity index (χ1n) is 8.94. The van der Waals surface area contributed by atoms with E-state index >= 15 is 0 Å². The predicted octanol–water partition coefficient (Wildman–Crippen LogP) is 3.33. The van der Waals surface area contributed by atoms with E-state index in [4.69, 9.17) is 0 Å². The summed E-state index contributed by atoms with van der Waals surface area (Å²) < 4.78 is 26.6. The molecule has 0 radical (unpaired) electrons. The van der Waals surface area contributed by atoms with Gasteiger partial charge in [0.1, 0.15) is 11.6 Å². The molecule has 26 heavy (non-hydrogen) atoms. The quantitative estimate of drug-likeness (QED) is 0.274. The van der Waals surface area contributed by atoms with Gasteiger partial charge in [0, 0.05) is 44.8 Å². The zero-order chi connectivity index (χ0) is 18.1. The van der Waals surface area contributed by atoms with E-state index in [1.54, 1.807) is 0 Å². The van der Waals surface area contributed by atoms with Crippen molar-refractivity contribution in [2.45, 2.75) is 32.2 Å². The maximum absolute atomic E-state index is 13.7. The number of nitrogens with zero attached hydrogens (tertiary/aromatic N) is 2. The molecule has 1 fully saturated rings. The molecule has 0 bridgehead atoms. The van der Waals surface area contributed by atoms with Crippen molar-refractivity contribution in [1.29, 1.82) is 0 Å². The molecule has 1 aliphatic heterocycles. The maximum atomic E-state index is 13.7. The van der Waals surface area contributed by atoms with Gasteiger partial charge in [0.25, 0.3) is 0 Å². The van der Waals surface area contributed by atoms with Crippen LogP contribution in [0.25, 0.3) is 0 Å². The summed E-state index contributed by atoms with van der Waals surface area (Å²) in [6.07, 6.45) is 4.50. The number of hydrogen-bond donors (Lipinski definition) is 2. The first-order chi connectivity index (χ1) is 12.1. The van der Waals surface area contributed by atoms with E-state index in [0.717, 1.165) is 51.0 Å². The van der Waals surface area contributed by atoms with Gasteiger partial charge in [0.05, 0.1) is 0 Å². The van der Waals surface area contributed by atoms with Crippen LogP contribution in [0.2, 0.25) is 0 Å². The van der Waals surface area contributed by atoms with Gasteiger partial charge in [-0.3, -0.25) is 9.89 Å². The Hall–Kier alpha value is -1.22. The molecule has 0 atom stereocenters. The van der Waals surface area contributed by atoms with Crippen LogP contribution in [0.4, 0.5) is 8.78 Å². The third kappa shape index (κ3) is 7.57. The van der Waals surface area contributed by atoms with Crippen molar-refractivity contribution in [3.63, 3.8) is 0 Å². The van der Waals surface area contributed by atoms with Gasteiger partial charge >= 0.3 is 0 Å². The fraction of sp³-hybridized carbons (Fsp3) is 0.526. The van der Waals surface area contributed by atoms with Crippen molar-refractivity contribution in [1.82, 2.24) is 15.5 Å². The largest absolute Gasteiger partial charge is 0.357 e. The molecule has 1 aliphatic rings. The predicted molar refractivity (Wildman–Crippen MR) is 114 cm³/mol. The summed E-state index contributed by atoms with van der Waals surface area (Å²) in [5.41, 5.74) is 0.485. The number of hydrogen-bond acceptors (Lipinski definition) is 2. The molecule has 0 spiro atoms. The zero-order valence-corrected chi connectivity index (χ0v) is 17.6. The summed E-state index contributed by atoms with van der Waals surface area (Å²) in [6, 6.07) is 4.07. The molecule has 1 heterocycles. The smallest absolute Gasteiger partial charge is 0.191 e. The van der Waals surface area contributed by atoms with Gasteiger partial charge in [0.15, 0.2) is 5.96 Å². The second kappa shape index (κ2) is 12.2. The van der Waals surface area contributed by atoms with Crippen LogP contribution >= 0.6 is 24.0 Å². The lowest BCUT2D eigenvalue weighted by atomic mass is 10.1. The van der Waals surface area contributed by atoms with Crippen LogP contribution in [0.5, 0.6) is 0 Å². The molecule has 2 rings (SSSR count). The Morgan fingerprint density at radius 2 is 2.08 bits per heavy atom. The molecule has 1 aromatic rings. The number of nitrogens with one attached hydrogen (secondary N) is 2. The fourth-order valence-corrected chi connectivity index (χ4v) is 2.97. The Kier molecular flexibility index (Phi) is 10.7. The van der Waals surface area contributed by atoms with Gasteiger partial charge in [-0.15, -0.1) is 30.6 Å². The van der Waals surface area contributed by atoms with Crippen LogP contribution in [0.1, 0.15) is 25.3 Å². The maximum Gasteiger partial charge on any atom is 0.191 e. The van der Waals surface area contributed by atoms with Crippen LogP contribution in [0.3, 0.4) is 0 Å². The molecule has 146 valence electrons. The molecule has 0 aliphatic carbocycles. The van der Waals surface area contributed by atoms with Crippen molar-refractivity contribution in [2.75, 3.05) is 32.7 Å². The Bertz CT molecular complexity index is 587. The monoisotopic (exact) mass is 478 g/mol. The minimum absolute atomic E-state index is 0. The van der Waals surface area contributed by atoms with Gasteiger partial charge in [-0.1, -0.05) is 12.1 Å². The molecule has 1 aromatic carbocycles. The summed E-state index contributed by atoms with van der Waals surface area (Å²) >= 11 is 0. The van der Waals surface area contributed by atoms with Crippen LogP contribution in [0.15, 0.2) is 35.8 Å². The third-order valence-corrected chi connectivity index (χ3v) is 4.33. The van der Waals surface area contributed by atoms with Crippen molar-refractivity contribution in [3.8, 4) is 0 Å². The van der Waals surface area contributed by atoms with E-state index < -0.39 is 11.6 Å². The fourth-order valence-electron chi connectivity index (χ4n) is 2.97. The summed E-state index contributed by atoms with van der Waals surface area (Å²) in [6.45, 7) is 10.0. The third-order valence-electron chi connectivity index (χ3n) is 4.33. The Balaban J connectivity index is 0.00000338. The van der Waals surface area contributed by atoms with Crippen molar-refractivity contribution >= 4 is 29.9 Å². The van der Waals surface area contributed by atoms with Gasteiger partial charge in [0.2, 0.25) is 0 Å². The molecule has 0 amide bonds. The van der Waals surface area contributed by atoms with Gasteiger partial charge in [-0.2, -0.15) is 0 Å². The Labute approximate surface area is 172 Å². The number of aliphatic imine (C=N–C) groups is 1. The molecule has 2 N–H and O–H groups in total. The van der Waals surface area contributed by atoms with Crippen LogP contribution < -0.4 is 10.6 Å². The number of halogens is 3. The topological polar surface area (TPSA) is 39.7 Å². The molecule has 4 nitrogen and oxygen atoms in total. The number of guanidine groups is 1.